The second-order valence-electron chi connectivity index (χ2n) is 7.38. The van der Waals surface area contributed by atoms with Gasteiger partial charge in [-0.2, -0.15) is 0 Å². The lowest BCUT2D eigenvalue weighted by Crippen LogP contribution is -2.44. The van der Waals surface area contributed by atoms with Crippen molar-refractivity contribution in [3.05, 3.63) is 77.3 Å². The topological polar surface area (TPSA) is 104 Å². The van der Waals surface area contributed by atoms with Gasteiger partial charge in [0.25, 0.3) is 0 Å². The lowest BCUT2D eigenvalue weighted by atomic mass is 9.81. The van der Waals surface area contributed by atoms with Crippen molar-refractivity contribution in [3.63, 3.8) is 0 Å². The number of hydrogen-bond acceptors (Lipinski definition) is 4. The Morgan fingerprint density at radius 1 is 1.06 bits per heavy atom. The summed E-state index contributed by atoms with van der Waals surface area (Å²) in [6.07, 6.45) is -1.23. The van der Waals surface area contributed by atoms with Gasteiger partial charge in [-0.15, -0.1) is 0 Å². The zero-order chi connectivity index (χ0) is 22.5. The number of carbonyl (C=O) groups is 3. The molecule has 2 N–H and O–H groups in total. The lowest BCUT2D eigenvalue weighted by Gasteiger charge is -2.24. The van der Waals surface area contributed by atoms with Gasteiger partial charge in [-0.3, -0.25) is 9.69 Å². The van der Waals surface area contributed by atoms with E-state index in [0.29, 0.717) is 16.2 Å². The zero-order valence-corrected chi connectivity index (χ0v) is 17.4. The average molecular weight is 444 g/mol. The summed E-state index contributed by atoms with van der Waals surface area (Å²) in [4.78, 5) is 37.4. The fourth-order valence-electron chi connectivity index (χ4n) is 3.92. The molecular weight excluding hydrogens is 422 g/mol. The minimum atomic E-state index is -1.34. The molecule has 1 heterocycles. The molecule has 0 bridgehead atoms. The Bertz CT molecular complexity index is 975. The van der Waals surface area contributed by atoms with Crippen LogP contribution < -0.4 is 0 Å². The molecule has 3 atom stereocenters. The van der Waals surface area contributed by atoms with Crippen LogP contribution >= 0.6 is 11.6 Å². The number of carboxylic acid groups (broad SMARTS) is 2. The molecule has 0 spiro atoms. The number of carbonyl (C=O) groups excluding carboxylic acids is 1. The normalized spacial score (nSPS) is 20.3. The minimum Gasteiger partial charge on any atom is -0.481 e. The molecule has 2 aromatic carbocycles. The highest BCUT2D eigenvalue weighted by Gasteiger charge is 2.50. The van der Waals surface area contributed by atoms with Gasteiger partial charge in [-0.1, -0.05) is 60.6 Å². The van der Waals surface area contributed by atoms with Crippen LogP contribution in [0.4, 0.5) is 4.79 Å². The quantitative estimate of drug-likeness (QED) is 0.665. The van der Waals surface area contributed by atoms with Gasteiger partial charge in [0.05, 0.1) is 6.42 Å². The van der Waals surface area contributed by atoms with E-state index in [-0.39, 0.29) is 13.2 Å². The molecule has 1 aliphatic rings. The number of likely N-dealkylation sites (tertiary alicyclic amines) is 1. The number of ether oxygens (including phenoxy) is 1. The van der Waals surface area contributed by atoms with Gasteiger partial charge in [0.15, 0.2) is 0 Å². The van der Waals surface area contributed by atoms with Crippen LogP contribution in [-0.4, -0.2) is 45.7 Å². The SMILES string of the molecule is C=C(c1ccc(Cl)cc1)[C@H]1CN(C(=O)OCc2ccccc2)[C@H](C(=O)O)[C@H]1CC(=O)O. The Labute approximate surface area is 184 Å². The molecule has 7 nitrogen and oxygen atoms in total. The van der Waals surface area contributed by atoms with E-state index < -0.39 is 42.3 Å². The first-order chi connectivity index (χ1) is 14.8. The summed E-state index contributed by atoms with van der Waals surface area (Å²) >= 11 is 5.93. The molecule has 1 fully saturated rings. The maximum Gasteiger partial charge on any atom is 0.410 e. The Balaban J connectivity index is 1.85. The van der Waals surface area contributed by atoms with E-state index in [1.54, 1.807) is 48.5 Å². The fraction of sp³-hybridized carbons (Fsp3) is 0.261. The van der Waals surface area contributed by atoms with Crippen molar-refractivity contribution in [2.24, 2.45) is 11.8 Å². The molecule has 0 aliphatic carbocycles. The van der Waals surface area contributed by atoms with E-state index in [4.69, 9.17) is 16.3 Å². The Hall–Kier alpha value is -3.32. The monoisotopic (exact) mass is 443 g/mol. The van der Waals surface area contributed by atoms with Gasteiger partial charge >= 0.3 is 18.0 Å². The minimum absolute atomic E-state index is 0.00992. The molecule has 1 saturated heterocycles. The second kappa shape index (κ2) is 9.66. The van der Waals surface area contributed by atoms with Crippen molar-refractivity contribution >= 4 is 35.2 Å². The van der Waals surface area contributed by atoms with Gasteiger partial charge in [0.1, 0.15) is 12.6 Å². The van der Waals surface area contributed by atoms with E-state index in [1.165, 1.54) is 0 Å². The standard InChI is InChI=1S/C23H22ClNO6/c1-14(16-7-9-17(24)10-8-16)19-12-25(21(22(28)29)18(19)11-20(26)27)23(30)31-13-15-5-3-2-4-6-15/h2-10,18-19,21H,1,11-13H2,(H,26,27)(H,28,29)/t18-,19+,21-/m0/s1. The summed E-state index contributed by atoms with van der Waals surface area (Å²) in [5.41, 5.74) is 2.01. The molecular formula is C23H22ClNO6. The van der Waals surface area contributed by atoms with E-state index in [1.807, 2.05) is 6.07 Å². The Kier molecular flexibility index (Phi) is 6.97. The van der Waals surface area contributed by atoms with Gasteiger partial charge in [-0.25, -0.2) is 9.59 Å². The number of rotatable bonds is 7. The molecule has 8 heteroatoms. The first-order valence-electron chi connectivity index (χ1n) is 9.64. The highest BCUT2D eigenvalue weighted by molar-refractivity contribution is 6.30. The molecule has 0 aromatic heterocycles. The molecule has 0 saturated carbocycles. The lowest BCUT2D eigenvalue weighted by molar-refractivity contribution is -0.144. The first kappa shape index (κ1) is 22.4. The highest BCUT2D eigenvalue weighted by atomic mass is 35.5. The summed E-state index contributed by atoms with van der Waals surface area (Å²) in [6, 6.07) is 14.5. The summed E-state index contributed by atoms with van der Waals surface area (Å²) in [5, 5.41) is 19.7. The van der Waals surface area contributed by atoms with E-state index in [2.05, 4.69) is 6.58 Å². The summed E-state index contributed by atoms with van der Waals surface area (Å²) < 4.78 is 5.32. The van der Waals surface area contributed by atoms with Crippen LogP contribution in [0.15, 0.2) is 61.2 Å². The first-order valence-corrected chi connectivity index (χ1v) is 10.0. The number of halogens is 1. The van der Waals surface area contributed by atoms with Crippen molar-refractivity contribution in [1.82, 2.24) is 4.90 Å². The molecule has 31 heavy (non-hydrogen) atoms. The van der Waals surface area contributed by atoms with Crippen molar-refractivity contribution in [2.45, 2.75) is 19.1 Å². The van der Waals surface area contributed by atoms with E-state index in [0.717, 1.165) is 10.5 Å². The van der Waals surface area contributed by atoms with E-state index in [9.17, 15) is 24.6 Å². The summed E-state index contributed by atoms with van der Waals surface area (Å²) in [7, 11) is 0. The van der Waals surface area contributed by atoms with Gasteiger partial charge in [0, 0.05) is 23.4 Å². The third kappa shape index (κ3) is 5.24. The number of benzene rings is 2. The van der Waals surface area contributed by atoms with Crippen molar-refractivity contribution in [1.29, 1.82) is 0 Å². The van der Waals surface area contributed by atoms with Crippen LogP contribution in [0, 0.1) is 11.8 Å². The van der Waals surface area contributed by atoms with Crippen LogP contribution in [0.2, 0.25) is 5.02 Å². The molecule has 1 aliphatic heterocycles. The maximum atomic E-state index is 12.8. The third-order valence-corrected chi connectivity index (χ3v) is 5.67. The fourth-order valence-corrected chi connectivity index (χ4v) is 4.05. The Morgan fingerprint density at radius 2 is 1.71 bits per heavy atom. The van der Waals surface area contributed by atoms with Crippen LogP contribution in [0.3, 0.4) is 0 Å². The molecule has 3 rings (SSSR count). The summed E-state index contributed by atoms with van der Waals surface area (Å²) in [5.74, 6) is -3.86. The van der Waals surface area contributed by atoms with Gasteiger partial charge in [-0.05, 0) is 28.8 Å². The molecule has 0 radical (unpaired) electrons. The second-order valence-corrected chi connectivity index (χ2v) is 7.81. The van der Waals surface area contributed by atoms with E-state index >= 15 is 0 Å². The van der Waals surface area contributed by atoms with Crippen molar-refractivity contribution in [2.75, 3.05) is 6.54 Å². The predicted molar refractivity (Wildman–Crippen MR) is 114 cm³/mol. The molecule has 1 amide bonds. The summed E-state index contributed by atoms with van der Waals surface area (Å²) in [6.45, 7) is 4.04. The average Bonchev–Trinajstić information content (AvgIpc) is 3.11. The number of amides is 1. The number of carboxylic acids is 2. The van der Waals surface area contributed by atoms with Gasteiger partial charge < -0.3 is 14.9 Å². The van der Waals surface area contributed by atoms with Crippen LogP contribution in [0.25, 0.3) is 5.57 Å². The number of nitrogens with zero attached hydrogens (tertiary/aromatic N) is 1. The van der Waals surface area contributed by atoms with Crippen LogP contribution in [0.1, 0.15) is 17.5 Å². The van der Waals surface area contributed by atoms with Crippen LogP contribution in [-0.2, 0) is 20.9 Å². The largest absolute Gasteiger partial charge is 0.481 e. The van der Waals surface area contributed by atoms with Crippen molar-refractivity contribution in [3.8, 4) is 0 Å². The number of aliphatic carboxylic acids is 2. The van der Waals surface area contributed by atoms with Crippen LogP contribution in [0.5, 0.6) is 0 Å². The van der Waals surface area contributed by atoms with Crippen molar-refractivity contribution < 1.29 is 29.3 Å². The van der Waals surface area contributed by atoms with Gasteiger partial charge in [0.2, 0.25) is 0 Å². The third-order valence-electron chi connectivity index (χ3n) is 5.42. The highest BCUT2D eigenvalue weighted by Crippen LogP contribution is 2.41. The molecule has 162 valence electrons. The predicted octanol–water partition coefficient (Wildman–Crippen LogP) is 4.17. The molecule has 2 aromatic rings. The Morgan fingerprint density at radius 3 is 2.29 bits per heavy atom. The zero-order valence-electron chi connectivity index (χ0n) is 16.6. The number of hydrogen-bond donors (Lipinski definition) is 2. The smallest absolute Gasteiger partial charge is 0.410 e. The molecule has 0 unspecified atom stereocenters. The maximum absolute atomic E-state index is 12.8.